The standard InChI is InChI=1S/C14H19N3OS/c1-10-6-5-9-16-11(10)12(18)17-14(13(15)19)7-3-2-4-8-14/h5-6,9H,2-4,7-8H2,1H3,(H2,15,19)(H,17,18). The molecule has 3 N–H and O–H groups in total. The Morgan fingerprint density at radius 1 is 1.42 bits per heavy atom. The Bertz CT molecular complexity index is 495. The summed E-state index contributed by atoms with van der Waals surface area (Å²) in [6.07, 6.45) is 6.51. The Morgan fingerprint density at radius 3 is 2.68 bits per heavy atom. The number of carbonyl (C=O) groups is 1. The van der Waals surface area contributed by atoms with E-state index in [0.717, 1.165) is 31.2 Å². The van der Waals surface area contributed by atoms with Gasteiger partial charge in [-0.15, -0.1) is 0 Å². The Hall–Kier alpha value is -1.49. The van der Waals surface area contributed by atoms with E-state index in [9.17, 15) is 4.79 Å². The molecule has 2 rings (SSSR count). The van der Waals surface area contributed by atoms with Crippen molar-refractivity contribution in [3.8, 4) is 0 Å². The van der Waals surface area contributed by atoms with Gasteiger partial charge in [0.2, 0.25) is 0 Å². The van der Waals surface area contributed by atoms with Gasteiger partial charge in [0.25, 0.3) is 5.91 Å². The summed E-state index contributed by atoms with van der Waals surface area (Å²) >= 11 is 5.17. The summed E-state index contributed by atoms with van der Waals surface area (Å²) in [4.78, 5) is 16.9. The monoisotopic (exact) mass is 277 g/mol. The van der Waals surface area contributed by atoms with Gasteiger partial charge in [0, 0.05) is 6.20 Å². The molecular formula is C14H19N3OS. The normalized spacial score (nSPS) is 17.7. The fraction of sp³-hybridized carbons (Fsp3) is 0.500. The van der Waals surface area contributed by atoms with Crippen LogP contribution in [0.1, 0.15) is 48.2 Å². The predicted octanol–water partition coefficient (Wildman–Crippen LogP) is 2.11. The molecule has 0 aromatic carbocycles. The van der Waals surface area contributed by atoms with Crippen LogP contribution in [-0.4, -0.2) is 21.4 Å². The molecule has 1 aliphatic carbocycles. The van der Waals surface area contributed by atoms with Crippen molar-refractivity contribution in [3.63, 3.8) is 0 Å². The highest BCUT2D eigenvalue weighted by atomic mass is 32.1. The van der Waals surface area contributed by atoms with Gasteiger partial charge in [-0.1, -0.05) is 37.5 Å². The molecule has 5 heteroatoms. The first-order valence-corrected chi connectivity index (χ1v) is 7.00. The zero-order chi connectivity index (χ0) is 13.9. The average Bonchev–Trinajstić information content (AvgIpc) is 2.40. The van der Waals surface area contributed by atoms with Crippen molar-refractivity contribution in [2.45, 2.75) is 44.6 Å². The van der Waals surface area contributed by atoms with E-state index in [0.29, 0.717) is 10.7 Å². The van der Waals surface area contributed by atoms with Crippen LogP contribution in [0, 0.1) is 6.92 Å². The molecule has 1 heterocycles. The molecular weight excluding hydrogens is 258 g/mol. The Balaban J connectivity index is 2.20. The van der Waals surface area contributed by atoms with Gasteiger partial charge in [0.15, 0.2) is 0 Å². The second-order valence-electron chi connectivity index (χ2n) is 5.13. The van der Waals surface area contributed by atoms with E-state index in [-0.39, 0.29) is 5.91 Å². The van der Waals surface area contributed by atoms with Crippen LogP contribution < -0.4 is 11.1 Å². The van der Waals surface area contributed by atoms with Crippen molar-refractivity contribution in [2.75, 3.05) is 0 Å². The number of nitrogens with two attached hydrogens (primary N) is 1. The molecule has 0 spiro atoms. The summed E-state index contributed by atoms with van der Waals surface area (Å²) in [5.74, 6) is -0.187. The van der Waals surface area contributed by atoms with Gasteiger partial charge in [0.1, 0.15) is 5.69 Å². The Morgan fingerprint density at radius 2 is 2.11 bits per heavy atom. The average molecular weight is 277 g/mol. The van der Waals surface area contributed by atoms with E-state index < -0.39 is 5.54 Å². The van der Waals surface area contributed by atoms with Crippen LogP contribution in [0.3, 0.4) is 0 Å². The summed E-state index contributed by atoms with van der Waals surface area (Å²) in [7, 11) is 0. The summed E-state index contributed by atoms with van der Waals surface area (Å²) in [6, 6.07) is 3.69. The van der Waals surface area contributed by atoms with Crippen LogP contribution in [0.2, 0.25) is 0 Å². The number of aryl methyl sites for hydroxylation is 1. The molecule has 4 nitrogen and oxygen atoms in total. The molecule has 0 saturated heterocycles. The highest BCUT2D eigenvalue weighted by molar-refractivity contribution is 7.80. The molecule has 1 aromatic heterocycles. The first-order chi connectivity index (χ1) is 9.05. The number of hydrogen-bond acceptors (Lipinski definition) is 3. The maximum atomic E-state index is 12.4. The van der Waals surface area contributed by atoms with Crippen molar-refractivity contribution in [1.82, 2.24) is 10.3 Å². The van der Waals surface area contributed by atoms with Crippen molar-refractivity contribution >= 4 is 23.1 Å². The van der Waals surface area contributed by atoms with Crippen LogP contribution in [-0.2, 0) is 0 Å². The number of nitrogens with zero attached hydrogens (tertiary/aromatic N) is 1. The van der Waals surface area contributed by atoms with Crippen LogP contribution in [0.15, 0.2) is 18.3 Å². The van der Waals surface area contributed by atoms with Gasteiger partial charge < -0.3 is 11.1 Å². The highest BCUT2D eigenvalue weighted by Gasteiger charge is 2.37. The fourth-order valence-electron chi connectivity index (χ4n) is 2.59. The lowest BCUT2D eigenvalue weighted by atomic mass is 9.81. The van der Waals surface area contributed by atoms with E-state index in [1.165, 1.54) is 6.42 Å². The minimum atomic E-state index is -0.533. The largest absolute Gasteiger partial charge is 0.391 e. The lowest BCUT2D eigenvalue weighted by molar-refractivity contribution is 0.0902. The Labute approximate surface area is 118 Å². The molecule has 19 heavy (non-hydrogen) atoms. The number of carbonyl (C=O) groups excluding carboxylic acids is 1. The van der Waals surface area contributed by atoms with Gasteiger partial charge >= 0.3 is 0 Å². The van der Waals surface area contributed by atoms with Crippen LogP contribution in [0.25, 0.3) is 0 Å². The van der Waals surface area contributed by atoms with E-state index in [1.54, 1.807) is 6.20 Å². The molecule has 0 atom stereocenters. The van der Waals surface area contributed by atoms with Crippen LogP contribution >= 0.6 is 12.2 Å². The van der Waals surface area contributed by atoms with Crippen molar-refractivity contribution < 1.29 is 4.79 Å². The van der Waals surface area contributed by atoms with Crippen molar-refractivity contribution in [3.05, 3.63) is 29.6 Å². The van der Waals surface area contributed by atoms with E-state index in [4.69, 9.17) is 18.0 Å². The smallest absolute Gasteiger partial charge is 0.270 e. The van der Waals surface area contributed by atoms with Crippen LogP contribution in [0.5, 0.6) is 0 Å². The van der Waals surface area contributed by atoms with E-state index in [1.807, 2.05) is 19.1 Å². The Kier molecular flexibility index (Phi) is 4.14. The number of pyridine rings is 1. The third-order valence-electron chi connectivity index (χ3n) is 3.76. The minimum Gasteiger partial charge on any atom is -0.391 e. The fourth-order valence-corrected chi connectivity index (χ4v) is 2.84. The zero-order valence-corrected chi connectivity index (χ0v) is 11.9. The number of aromatic nitrogens is 1. The SMILES string of the molecule is Cc1cccnc1C(=O)NC1(C(N)=S)CCCCC1. The first kappa shape index (κ1) is 13.9. The van der Waals surface area contributed by atoms with Crippen molar-refractivity contribution in [2.24, 2.45) is 5.73 Å². The lowest BCUT2D eigenvalue weighted by Crippen LogP contribution is -2.57. The minimum absolute atomic E-state index is 0.187. The second-order valence-corrected chi connectivity index (χ2v) is 5.57. The number of amides is 1. The maximum absolute atomic E-state index is 12.4. The summed E-state index contributed by atoms with van der Waals surface area (Å²) in [5.41, 5.74) is 6.63. The molecule has 1 amide bonds. The molecule has 1 aliphatic rings. The highest BCUT2D eigenvalue weighted by Crippen LogP contribution is 2.29. The third-order valence-corrected chi connectivity index (χ3v) is 4.15. The lowest BCUT2D eigenvalue weighted by Gasteiger charge is -2.37. The van der Waals surface area contributed by atoms with Gasteiger partial charge in [-0.05, 0) is 31.4 Å². The second kappa shape index (κ2) is 5.65. The van der Waals surface area contributed by atoms with Gasteiger partial charge in [-0.25, -0.2) is 0 Å². The van der Waals surface area contributed by atoms with E-state index in [2.05, 4.69) is 10.3 Å². The molecule has 0 radical (unpaired) electrons. The molecule has 1 saturated carbocycles. The van der Waals surface area contributed by atoms with E-state index >= 15 is 0 Å². The predicted molar refractivity (Wildman–Crippen MR) is 79.0 cm³/mol. The molecule has 0 bridgehead atoms. The molecule has 1 aromatic rings. The summed E-state index contributed by atoms with van der Waals surface area (Å²) < 4.78 is 0. The quantitative estimate of drug-likeness (QED) is 0.830. The number of nitrogens with one attached hydrogen (secondary N) is 1. The van der Waals surface area contributed by atoms with Crippen molar-refractivity contribution in [1.29, 1.82) is 0 Å². The molecule has 102 valence electrons. The number of hydrogen-bond donors (Lipinski definition) is 2. The van der Waals surface area contributed by atoms with Gasteiger partial charge in [0.05, 0.1) is 10.5 Å². The van der Waals surface area contributed by atoms with Crippen LogP contribution in [0.4, 0.5) is 0 Å². The number of thiocarbonyl (C=S) groups is 1. The van der Waals surface area contributed by atoms with Gasteiger partial charge in [-0.3, -0.25) is 9.78 Å². The molecule has 0 unspecified atom stereocenters. The maximum Gasteiger partial charge on any atom is 0.270 e. The topological polar surface area (TPSA) is 68.0 Å². The summed E-state index contributed by atoms with van der Waals surface area (Å²) in [6.45, 7) is 1.87. The summed E-state index contributed by atoms with van der Waals surface area (Å²) in [5, 5.41) is 3.02. The first-order valence-electron chi connectivity index (χ1n) is 6.59. The van der Waals surface area contributed by atoms with Gasteiger partial charge in [-0.2, -0.15) is 0 Å². The zero-order valence-electron chi connectivity index (χ0n) is 11.1. The molecule has 1 fully saturated rings. The number of rotatable bonds is 3. The molecule has 0 aliphatic heterocycles. The third kappa shape index (κ3) is 2.92.